The first-order valence-corrected chi connectivity index (χ1v) is 18.4. The molecule has 2 amide bonds. The van der Waals surface area contributed by atoms with Crippen molar-refractivity contribution in [1.29, 1.82) is 0 Å². The molecule has 6 unspecified atom stereocenters. The zero-order valence-corrected chi connectivity index (χ0v) is 29.5. The van der Waals surface area contributed by atoms with Crippen molar-refractivity contribution in [3.63, 3.8) is 0 Å². The Kier molecular flexibility index (Phi) is 19.1. The molecule has 0 spiro atoms. The highest BCUT2D eigenvalue weighted by molar-refractivity contribution is 7.99. The van der Waals surface area contributed by atoms with Gasteiger partial charge in [-0.1, -0.05) is 64.5 Å². The molecule has 2 rings (SSSR count). The first-order valence-electron chi connectivity index (χ1n) is 17.2. The molecule has 1 aliphatic rings. The van der Waals surface area contributed by atoms with Crippen molar-refractivity contribution < 1.29 is 54.6 Å². The van der Waals surface area contributed by atoms with E-state index in [0.29, 0.717) is 32.1 Å². The largest absolute Gasteiger partial charge is 0.481 e. The van der Waals surface area contributed by atoms with Crippen LogP contribution in [0.1, 0.15) is 97.6 Å². The Labute approximate surface area is 291 Å². The Morgan fingerprint density at radius 1 is 0.918 bits per heavy atom. The Hall–Kier alpha value is -2.83. The standard InChI is InChI=1S/C32H55N5O11S/c1-4-7-10-13-25(39)33-22(18-49-17-20(21(32(46)47)12-9-6-3)14-19(31(44)45)11-8-5-2)29(43)34-24-15-37(36-35-24)30-28(42)27(41)26(40)23(16-38)48-30/h15,19-23,26-28,30,38,40-42H,4-14,16-18H2,1-3H3,(H,33,39)(H,34,43)(H,44,45)(H,46,47)/t19-,20?,21?,22-,23?,26?,27?,28?,30-/m1/s1. The van der Waals surface area contributed by atoms with Gasteiger partial charge >= 0.3 is 11.9 Å². The number of aliphatic carboxylic acids is 2. The van der Waals surface area contributed by atoms with Crippen LogP contribution in [0.5, 0.6) is 0 Å². The molecule has 280 valence electrons. The molecule has 1 saturated heterocycles. The van der Waals surface area contributed by atoms with Crippen molar-refractivity contribution >= 4 is 41.3 Å². The highest BCUT2D eigenvalue weighted by atomic mass is 32.2. The molecule has 16 nitrogen and oxygen atoms in total. The van der Waals surface area contributed by atoms with E-state index in [1.165, 1.54) is 18.0 Å². The molecule has 1 aliphatic heterocycles. The molecule has 1 aromatic heterocycles. The number of carbonyl (C=O) groups is 4. The Balaban J connectivity index is 2.23. The van der Waals surface area contributed by atoms with Crippen LogP contribution in [-0.2, 0) is 23.9 Å². The number of carboxylic acid groups (broad SMARTS) is 2. The molecule has 0 radical (unpaired) electrons. The number of aliphatic hydroxyl groups is 4. The van der Waals surface area contributed by atoms with Gasteiger partial charge in [-0.3, -0.25) is 19.2 Å². The average Bonchev–Trinajstić information content (AvgIpc) is 3.52. The van der Waals surface area contributed by atoms with Crippen LogP contribution in [0, 0.1) is 17.8 Å². The molecule has 0 saturated carbocycles. The SMILES string of the molecule is CCCCCC(=O)N[C@H](CSCC(C[C@@H](CCCC)C(=O)O)C(CCCC)C(=O)O)C(=O)Nc1cn([C@@H]2OC(CO)C(O)C(O)C2O)nn1. The summed E-state index contributed by atoms with van der Waals surface area (Å²) >= 11 is 1.27. The van der Waals surface area contributed by atoms with E-state index >= 15 is 0 Å². The van der Waals surface area contributed by atoms with Crippen LogP contribution in [0.3, 0.4) is 0 Å². The number of ether oxygens (including phenoxy) is 1. The third-order valence-electron chi connectivity index (χ3n) is 8.76. The first kappa shape index (κ1) is 42.3. The zero-order valence-electron chi connectivity index (χ0n) is 28.6. The van der Waals surface area contributed by atoms with E-state index < -0.39 is 78.9 Å². The summed E-state index contributed by atoms with van der Waals surface area (Å²) in [5.74, 6) is -4.60. The molecule has 2 heterocycles. The second kappa shape index (κ2) is 22.1. The molecule has 9 atom stereocenters. The number of carboxylic acids is 2. The molecular formula is C32H55N5O11S. The summed E-state index contributed by atoms with van der Waals surface area (Å²) < 4.78 is 6.50. The lowest BCUT2D eigenvalue weighted by molar-refractivity contribution is -0.254. The molecular weight excluding hydrogens is 662 g/mol. The number of hydrogen-bond donors (Lipinski definition) is 8. The summed E-state index contributed by atoms with van der Waals surface area (Å²) in [5.41, 5.74) is 0. The number of thioether (sulfide) groups is 1. The topological polar surface area (TPSA) is 254 Å². The first-order chi connectivity index (χ1) is 23.4. The van der Waals surface area contributed by atoms with Gasteiger partial charge in [-0.25, -0.2) is 4.68 Å². The zero-order chi connectivity index (χ0) is 36.5. The fraction of sp³-hybridized carbons (Fsp3) is 0.812. The van der Waals surface area contributed by atoms with Gasteiger partial charge in [-0.05, 0) is 37.4 Å². The van der Waals surface area contributed by atoms with Gasteiger partial charge in [0, 0.05) is 12.2 Å². The van der Waals surface area contributed by atoms with Crippen molar-refractivity contribution in [2.45, 2.75) is 128 Å². The lowest BCUT2D eigenvalue weighted by atomic mass is 9.81. The van der Waals surface area contributed by atoms with E-state index in [9.17, 15) is 49.8 Å². The Morgan fingerprint density at radius 2 is 1.59 bits per heavy atom. The number of aromatic nitrogens is 3. The number of rotatable bonds is 24. The molecule has 49 heavy (non-hydrogen) atoms. The smallest absolute Gasteiger partial charge is 0.306 e. The van der Waals surface area contributed by atoms with Gasteiger partial charge in [0.05, 0.1) is 24.6 Å². The number of nitrogens with zero attached hydrogens (tertiary/aromatic N) is 3. The van der Waals surface area contributed by atoms with E-state index in [-0.39, 0.29) is 36.1 Å². The summed E-state index contributed by atoms with van der Waals surface area (Å²) in [4.78, 5) is 50.7. The molecule has 0 aliphatic carbocycles. The average molecular weight is 718 g/mol. The number of anilines is 1. The van der Waals surface area contributed by atoms with Crippen molar-refractivity contribution in [3.05, 3.63) is 6.20 Å². The summed E-state index contributed by atoms with van der Waals surface area (Å²) in [7, 11) is 0. The maximum absolute atomic E-state index is 13.5. The normalized spacial score (nSPS) is 23.3. The lowest BCUT2D eigenvalue weighted by Crippen LogP contribution is -2.56. The van der Waals surface area contributed by atoms with Gasteiger partial charge in [-0.15, -0.1) is 5.10 Å². The van der Waals surface area contributed by atoms with Crippen LogP contribution in [0.2, 0.25) is 0 Å². The minimum absolute atomic E-state index is 0.0650. The monoisotopic (exact) mass is 717 g/mol. The predicted octanol–water partition coefficient (Wildman–Crippen LogP) is 1.78. The van der Waals surface area contributed by atoms with Crippen molar-refractivity contribution in [3.8, 4) is 0 Å². The van der Waals surface area contributed by atoms with Crippen LogP contribution in [0.4, 0.5) is 5.82 Å². The van der Waals surface area contributed by atoms with Crippen LogP contribution in [0.15, 0.2) is 6.20 Å². The molecule has 0 aromatic carbocycles. The molecule has 0 bridgehead atoms. The number of hydrogen-bond acceptors (Lipinski definition) is 12. The molecule has 17 heteroatoms. The van der Waals surface area contributed by atoms with Crippen molar-refractivity contribution in [1.82, 2.24) is 20.3 Å². The Morgan fingerprint density at radius 3 is 2.20 bits per heavy atom. The number of unbranched alkanes of at least 4 members (excludes halogenated alkanes) is 4. The molecule has 1 aromatic rings. The van der Waals surface area contributed by atoms with Crippen LogP contribution in [-0.4, -0.2) is 118 Å². The minimum atomic E-state index is -1.65. The summed E-state index contributed by atoms with van der Waals surface area (Å²) in [5, 5.41) is 73.1. The van der Waals surface area contributed by atoms with Crippen LogP contribution < -0.4 is 10.6 Å². The fourth-order valence-corrected chi connectivity index (χ4v) is 7.06. The lowest BCUT2D eigenvalue weighted by Gasteiger charge is -2.39. The van der Waals surface area contributed by atoms with E-state index in [1.54, 1.807) is 0 Å². The number of amides is 2. The second-order valence-corrected chi connectivity index (χ2v) is 13.7. The van der Waals surface area contributed by atoms with Crippen molar-refractivity contribution in [2.75, 3.05) is 23.4 Å². The summed E-state index contributed by atoms with van der Waals surface area (Å²) in [6.45, 7) is 5.28. The minimum Gasteiger partial charge on any atom is -0.481 e. The van der Waals surface area contributed by atoms with Gasteiger partial charge in [-0.2, -0.15) is 11.8 Å². The highest BCUT2D eigenvalue weighted by Gasteiger charge is 2.45. The van der Waals surface area contributed by atoms with E-state index in [4.69, 9.17) is 4.74 Å². The number of aliphatic hydroxyl groups excluding tert-OH is 4. The third-order valence-corrected chi connectivity index (χ3v) is 10.00. The summed E-state index contributed by atoms with van der Waals surface area (Å²) in [6, 6.07) is -1.06. The number of nitrogens with one attached hydrogen (secondary N) is 2. The van der Waals surface area contributed by atoms with E-state index in [1.807, 2.05) is 20.8 Å². The van der Waals surface area contributed by atoms with E-state index in [0.717, 1.165) is 30.4 Å². The van der Waals surface area contributed by atoms with Gasteiger partial charge in [0.2, 0.25) is 11.8 Å². The fourth-order valence-electron chi connectivity index (χ4n) is 5.79. The van der Waals surface area contributed by atoms with Crippen molar-refractivity contribution in [2.24, 2.45) is 17.8 Å². The quantitative estimate of drug-likeness (QED) is 0.0710. The highest BCUT2D eigenvalue weighted by Crippen LogP contribution is 2.32. The van der Waals surface area contributed by atoms with Crippen LogP contribution >= 0.6 is 11.8 Å². The van der Waals surface area contributed by atoms with Gasteiger partial charge < -0.3 is 46.0 Å². The van der Waals surface area contributed by atoms with Gasteiger partial charge in [0.25, 0.3) is 0 Å². The summed E-state index contributed by atoms with van der Waals surface area (Å²) in [6.07, 6.45) is 0.434. The Bertz CT molecular complexity index is 1170. The molecule has 1 fully saturated rings. The maximum Gasteiger partial charge on any atom is 0.306 e. The van der Waals surface area contributed by atoms with Crippen LogP contribution in [0.25, 0.3) is 0 Å². The maximum atomic E-state index is 13.5. The van der Waals surface area contributed by atoms with Gasteiger partial charge in [0.1, 0.15) is 30.5 Å². The third kappa shape index (κ3) is 13.4. The van der Waals surface area contributed by atoms with Gasteiger partial charge in [0.15, 0.2) is 12.0 Å². The number of carbonyl (C=O) groups excluding carboxylic acids is 2. The predicted molar refractivity (Wildman–Crippen MR) is 180 cm³/mol. The second-order valence-electron chi connectivity index (χ2n) is 12.7. The molecule has 8 N–H and O–H groups in total. The van der Waals surface area contributed by atoms with E-state index in [2.05, 4.69) is 20.9 Å².